The molecule has 1 aliphatic carbocycles. The van der Waals surface area contributed by atoms with Gasteiger partial charge in [-0.2, -0.15) is 0 Å². The molecule has 2 unspecified atom stereocenters. The average Bonchev–Trinajstić information content (AvgIpc) is 2.48. The van der Waals surface area contributed by atoms with E-state index in [2.05, 4.69) is 24.4 Å². The van der Waals surface area contributed by atoms with Gasteiger partial charge >= 0.3 is 0 Å². The lowest BCUT2D eigenvalue weighted by Gasteiger charge is -2.29. The van der Waals surface area contributed by atoms with Gasteiger partial charge in [0.05, 0.1) is 7.11 Å². The van der Waals surface area contributed by atoms with Crippen LogP contribution in [0.5, 0.6) is 11.5 Å². The molecule has 106 valence electrons. The van der Waals surface area contributed by atoms with Gasteiger partial charge in [-0.1, -0.05) is 13.0 Å². The molecule has 3 heteroatoms. The Morgan fingerprint density at radius 1 is 1.26 bits per heavy atom. The van der Waals surface area contributed by atoms with Gasteiger partial charge in [-0.25, -0.2) is 0 Å². The zero-order valence-corrected chi connectivity index (χ0v) is 12.2. The lowest BCUT2D eigenvalue weighted by Crippen LogP contribution is -2.36. The largest absolute Gasteiger partial charge is 0.493 e. The number of rotatable bonds is 5. The molecule has 2 atom stereocenters. The van der Waals surface area contributed by atoms with Gasteiger partial charge in [-0.05, 0) is 56.8 Å². The monoisotopic (exact) mass is 263 g/mol. The Morgan fingerprint density at radius 3 is 2.79 bits per heavy atom. The third-order valence-electron chi connectivity index (χ3n) is 3.96. The first-order valence-corrected chi connectivity index (χ1v) is 7.27. The van der Waals surface area contributed by atoms with Crippen molar-refractivity contribution in [2.24, 2.45) is 0 Å². The van der Waals surface area contributed by atoms with Crippen LogP contribution in [0.25, 0.3) is 0 Å². The molecule has 0 heterocycles. The molecular formula is C16H25NO2. The molecule has 0 saturated heterocycles. The fourth-order valence-corrected chi connectivity index (χ4v) is 2.72. The van der Waals surface area contributed by atoms with Crippen molar-refractivity contribution in [3.8, 4) is 11.5 Å². The van der Waals surface area contributed by atoms with E-state index in [4.69, 9.17) is 9.47 Å². The Bertz CT molecular complexity index is 406. The molecule has 1 aliphatic rings. The summed E-state index contributed by atoms with van der Waals surface area (Å²) in [6.07, 6.45) is 6.01. The van der Waals surface area contributed by atoms with Gasteiger partial charge in [0.25, 0.3) is 0 Å². The molecule has 2 rings (SSSR count). The molecule has 0 radical (unpaired) electrons. The second kappa shape index (κ2) is 6.80. The summed E-state index contributed by atoms with van der Waals surface area (Å²) >= 11 is 0. The second-order valence-corrected chi connectivity index (χ2v) is 5.23. The van der Waals surface area contributed by atoms with Crippen molar-refractivity contribution in [3.63, 3.8) is 0 Å². The second-order valence-electron chi connectivity index (χ2n) is 5.23. The minimum atomic E-state index is 0.299. The minimum Gasteiger partial charge on any atom is -0.493 e. The van der Waals surface area contributed by atoms with E-state index in [1.54, 1.807) is 7.11 Å². The highest BCUT2D eigenvalue weighted by atomic mass is 16.5. The lowest BCUT2D eigenvalue weighted by atomic mass is 9.93. The molecule has 0 aromatic heterocycles. The summed E-state index contributed by atoms with van der Waals surface area (Å²) in [7, 11) is 3.74. The Balaban J connectivity index is 2.05. The fraction of sp³-hybridized carbons (Fsp3) is 0.625. The molecule has 1 fully saturated rings. The SMILES string of the molecule is CCc1ccc(OC2CCCC(NC)C2)c(OC)c1. The zero-order valence-electron chi connectivity index (χ0n) is 12.2. The quantitative estimate of drug-likeness (QED) is 0.885. The normalized spacial score (nSPS) is 23.1. The van der Waals surface area contributed by atoms with Gasteiger partial charge in [0.2, 0.25) is 0 Å². The van der Waals surface area contributed by atoms with E-state index in [0.717, 1.165) is 30.8 Å². The lowest BCUT2D eigenvalue weighted by molar-refractivity contribution is 0.132. The molecule has 0 aliphatic heterocycles. The highest BCUT2D eigenvalue weighted by molar-refractivity contribution is 5.43. The van der Waals surface area contributed by atoms with Crippen molar-refractivity contribution in [2.75, 3.05) is 14.2 Å². The number of hydrogen-bond donors (Lipinski definition) is 1. The van der Waals surface area contributed by atoms with Crippen LogP contribution in [0.4, 0.5) is 0 Å². The van der Waals surface area contributed by atoms with Crippen molar-refractivity contribution in [2.45, 2.75) is 51.2 Å². The summed E-state index contributed by atoms with van der Waals surface area (Å²) < 4.78 is 11.6. The molecule has 1 saturated carbocycles. The zero-order chi connectivity index (χ0) is 13.7. The predicted octanol–water partition coefficient (Wildman–Crippen LogP) is 3.17. The van der Waals surface area contributed by atoms with Crippen LogP contribution in [0, 0.1) is 0 Å². The standard InChI is InChI=1S/C16H25NO2/c1-4-12-8-9-15(16(10-12)18-3)19-14-7-5-6-13(11-14)17-2/h8-10,13-14,17H,4-7,11H2,1-3H3. The predicted molar refractivity (Wildman–Crippen MR) is 78.1 cm³/mol. The van der Waals surface area contributed by atoms with Gasteiger partial charge in [0.1, 0.15) is 6.10 Å². The molecule has 3 nitrogen and oxygen atoms in total. The number of nitrogens with one attached hydrogen (secondary N) is 1. The third kappa shape index (κ3) is 3.63. The van der Waals surface area contributed by atoms with E-state index in [0.29, 0.717) is 12.1 Å². The first-order valence-electron chi connectivity index (χ1n) is 7.27. The van der Waals surface area contributed by atoms with Gasteiger partial charge < -0.3 is 14.8 Å². The first kappa shape index (κ1) is 14.2. The maximum absolute atomic E-state index is 6.14. The molecule has 1 N–H and O–H groups in total. The topological polar surface area (TPSA) is 30.5 Å². The first-order chi connectivity index (χ1) is 9.26. The summed E-state index contributed by atoms with van der Waals surface area (Å²) in [5.41, 5.74) is 1.28. The van der Waals surface area contributed by atoms with E-state index >= 15 is 0 Å². The fourth-order valence-electron chi connectivity index (χ4n) is 2.72. The molecule has 1 aromatic rings. The molecule has 19 heavy (non-hydrogen) atoms. The van der Waals surface area contributed by atoms with Crippen LogP contribution in [-0.2, 0) is 6.42 Å². The van der Waals surface area contributed by atoms with E-state index in [9.17, 15) is 0 Å². The summed E-state index contributed by atoms with van der Waals surface area (Å²) in [5.74, 6) is 1.73. The van der Waals surface area contributed by atoms with E-state index in [1.807, 2.05) is 13.1 Å². The molecule has 1 aromatic carbocycles. The smallest absolute Gasteiger partial charge is 0.161 e. The average molecular weight is 263 g/mol. The summed E-state index contributed by atoms with van der Waals surface area (Å²) in [4.78, 5) is 0. The Labute approximate surface area is 116 Å². The Hall–Kier alpha value is -1.22. The summed E-state index contributed by atoms with van der Waals surface area (Å²) in [6.45, 7) is 2.15. The maximum Gasteiger partial charge on any atom is 0.161 e. The van der Waals surface area contributed by atoms with Crippen LogP contribution < -0.4 is 14.8 Å². The highest BCUT2D eigenvalue weighted by Gasteiger charge is 2.23. The van der Waals surface area contributed by atoms with Crippen molar-refractivity contribution < 1.29 is 9.47 Å². The summed E-state index contributed by atoms with van der Waals surface area (Å²) in [6, 6.07) is 6.82. The minimum absolute atomic E-state index is 0.299. The maximum atomic E-state index is 6.14. The van der Waals surface area contributed by atoms with Crippen molar-refractivity contribution >= 4 is 0 Å². The van der Waals surface area contributed by atoms with E-state index < -0.39 is 0 Å². The van der Waals surface area contributed by atoms with Crippen molar-refractivity contribution in [1.29, 1.82) is 0 Å². The van der Waals surface area contributed by atoms with Gasteiger partial charge in [0.15, 0.2) is 11.5 Å². The Kier molecular flexibility index (Phi) is 5.08. The van der Waals surface area contributed by atoms with Crippen LogP contribution >= 0.6 is 0 Å². The highest BCUT2D eigenvalue weighted by Crippen LogP contribution is 2.32. The molecule has 0 spiro atoms. The number of aryl methyl sites for hydroxylation is 1. The number of hydrogen-bond acceptors (Lipinski definition) is 3. The third-order valence-corrected chi connectivity index (χ3v) is 3.96. The molecule has 0 amide bonds. The van der Waals surface area contributed by atoms with Crippen molar-refractivity contribution in [3.05, 3.63) is 23.8 Å². The number of benzene rings is 1. The van der Waals surface area contributed by atoms with Crippen LogP contribution in [0.15, 0.2) is 18.2 Å². The molecule has 0 bridgehead atoms. The van der Waals surface area contributed by atoms with Gasteiger partial charge in [0, 0.05) is 6.04 Å². The van der Waals surface area contributed by atoms with E-state index in [1.165, 1.54) is 18.4 Å². The summed E-state index contributed by atoms with van der Waals surface area (Å²) in [5, 5.41) is 3.36. The van der Waals surface area contributed by atoms with E-state index in [-0.39, 0.29) is 0 Å². The van der Waals surface area contributed by atoms with Crippen LogP contribution in [-0.4, -0.2) is 26.3 Å². The number of methoxy groups -OCH3 is 1. The molecular weight excluding hydrogens is 238 g/mol. The van der Waals surface area contributed by atoms with Crippen LogP contribution in [0.3, 0.4) is 0 Å². The van der Waals surface area contributed by atoms with Crippen molar-refractivity contribution in [1.82, 2.24) is 5.32 Å². The van der Waals surface area contributed by atoms with Gasteiger partial charge in [-0.3, -0.25) is 0 Å². The Morgan fingerprint density at radius 2 is 2.11 bits per heavy atom. The van der Waals surface area contributed by atoms with Gasteiger partial charge in [-0.15, -0.1) is 0 Å². The van der Waals surface area contributed by atoms with Crippen LogP contribution in [0.2, 0.25) is 0 Å². The van der Waals surface area contributed by atoms with Crippen LogP contribution in [0.1, 0.15) is 38.2 Å². The number of ether oxygens (including phenoxy) is 2.